The number of hydrogen-bond donors (Lipinski definition) is 0. The van der Waals surface area contributed by atoms with E-state index in [2.05, 4.69) is 20.8 Å². The summed E-state index contributed by atoms with van der Waals surface area (Å²) in [6.07, 6.45) is 1.93. The number of aryl methyl sites for hydroxylation is 1. The summed E-state index contributed by atoms with van der Waals surface area (Å²) in [7, 11) is 1.84. The Hall–Kier alpha value is -1.38. The smallest absolute Gasteiger partial charge is 0.160 e. The Morgan fingerprint density at radius 1 is 1.06 bits per heavy atom. The summed E-state index contributed by atoms with van der Waals surface area (Å²) in [4.78, 5) is 0. The molecule has 1 nitrogen and oxygen atoms in total. The SMILES string of the molecule is Cn1cc(C(C)(C)C)c2cc(F)c(F)cc21. The lowest BCUT2D eigenvalue weighted by molar-refractivity contribution is 0.510. The van der Waals surface area contributed by atoms with Crippen LogP contribution in [0.15, 0.2) is 18.3 Å². The molecule has 16 heavy (non-hydrogen) atoms. The zero-order valence-corrected chi connectivity index (χ0v) is 9.94. The van der Waals surface area contributed by atoms with Crippen LogP contribution in [0.1, 0.15) is 26.3 Å². The first-order valence-corrected chi connectivity index (χ1v) is 5.25. The molecule has 2 aromatic rings. The minimum Gasteiger partial charge on any atom is -0.350 e. The molecule has 0 fully saturated rings. The molecule has 0 aliphatic carbocycles. The van der Waals surface area contributed by atoms with Gasteiger partial charge >= 0.3 is 0 Å². The van der Waals surface area contributed by atoms with Gasteiger partial charge in [-0.05, 0) is 17.0 Å². The molecule has 0 amide bonds. The predicted octanol–water partition coefficient (Wildman–Crippen LogP) is 3.75. The minimum atomic E-state index is -0.797. The van der Waals surface area contributed by atoms with Crippen LogP contribution in [-0.4, -0.2) is 4.57 Å². The molecule has 86 valence electrons. The molecule has 1 aromatic carbocycles. The molecule has 0 unspecified atom stereocenters. The summed E-state index contributed by atoms with van der Waals surface area (Å²) in [5.41, 5.74) is 1.68. The fraction of sp³-hybridized carbons (Fsp3) is 0.385. The van der Waals surface area contributed by atoms with Crippen molar-refractivity contribution in [2.24, 2.45) is 7.05 Å². The second-order valence-electron chi connectivity index (χ2n) is 5.19. The van der Waals surface area contributed by atoms with E-state index in [0.717, 1.165) is 16.5 Å². The second kappa shape index (κ2) is 3.30. The van der Waals surface area contributed by atoms with Crippen LogP contribution in [0.4, 0.5) is 8.78 Å². The number of rotatable bonds is 0. The highest BCUT2D eigenvalue weighted by Gasteiger charge is 2.20. The Morgan fingerprint density at radius 2 is 1.62 bits per heavy atom. The first kappa shape index (κ1) is 11.1. The quantitative estimate of drug-likeness (QED) is 0.641. The van der Waals surface area contributed by atoms with Crippen LogP contribution in [0, 0.1) is 11.6 Å². The third-order valence-corrected chi connectivity index (χ3v) is 2.84. The van der Waals surface area contributed by atoms with E-state index in [1.807, 2.05) is 17.8 Å². The van der Waals surface area contributed by atoms with Gasteiger partial charge in [-0.25, -0.2) is 8.78 Å². The average Bonchev–Trinajstić information content (AvgIpc) is 2.45. The van der Waals surface area contributed by atoms with Gasteiger partial charge < -0.3 is 4.57 Å². The van der Waals surface area contributed by atoms with E-state index in [1.54, 1.807) is 0 Å². The van der Waals surface area contributed by atoms with Crippen LogP contribution >= 0.6 is 0 Å². The summed E-state index contributed by atoms with van der Waals surface area (Å²) >= 11 is 0. The molecule has 0 spiro atoms. The normalized spacial score (nSPS) is 12.4. The van der Waals surface area contributed by atoms with Crippen LogP contribution in [0.5, 0.6) is 0 Å². The monoisotopic (exact) mass is 223 g/mol. The van der Waals surface area contributed by atoms with Crippen molar-refractivity contribution in [1.29, 1.82) is 0 Å². The van der Waals surface area contributed by atoms with Crippen LogP contribution in [0.25, 0.3) is 10.9 Å². The van der Waals surface area contributed by atoms with Crippen molar-refractivity contribution in [2.75, 3.05) is 0 Å². The molecular weight excluding hydrogens is 208 g/mol. The maximum Gasteiger partial charge on any atom is 0.160 e. The number of aromatic nitrogens is 1. The molecule has 0 N–H and O–H groups in total. The highest BCUT2D eigenvalue weighted by atomic mass is 19.2. The maximum atomic E-state index is 13.2. The fourth-order valence-electron chi connectivity index (χ4n) is 1.97. The highest BCUT2D eigenvalue weighted by Crippen LogP contribution is 2.32. The average molecular weight is 223 g/mol. The summed E-state index contributed by atoms with van der Waals surface area (Å²) in [6, 6.07) is 2.53. The van der Waals surface area contributed by atoms with E-state index in [4.69, 9.17) is 0 Å². The molecule has 1 aromatic heterocycles. The van der Waals surface area contributed by atoms with Gasteiger partial charge in [-0.15, -0.1) is 0 Å². The van der Waals surface area contributed by atoms with Gasteiger partial charge in [0.1, 0.15) is 0 Å². The number of hydrogen-bond acceptors (Lipinski definition) is 0. The Balaban J connectivity index is 2.84. The van der Waals surface area contributed by atoms with E-state index >= 15 is 0 Å². The third-order valence-electron chi connectivity index (χ3n) is 2.84. The third kappa shape index (κ3) is 1.60. The number of nitrogens with zero attached hydrogens (tertiary/aromatic N) is 1. The van der Waals surface area contributed by atoms with Gasteiger partial charge in [0.05, 0.1) is 5.52 Å². The van der Waals surface area contributed by atoms with Crippen LogP contribution < -0.4 is 0 Å². The molecule has 0 saturated heterocycles. The topological polar surface area (TPSA) is 4.93 Å². The Morgan fingerprint density at radius 3 is 2.19 bits per heavy atom. The number of fused-ring (bicyclic) bond motifs is 1. The van der Waals surface area contributed by atoms with Crippen LogP contribution in [0.3, 0.4) is 0 Å². The fourth-order valence-corrected chi connectivity index (χ4v) is 1.97. The van der Waals surface area contributed by atoms with E-state index in [-0.39, 0.29) is 5.41 Å². The van der Waals surface area contributed by atoms with Gasteiger partial charge in [0.2, 0.25) is 0 Å². The summed E-state index contributed by atoms with van der Waals surface area (Å²) in [5.74, 6) is -1.58. The lowest BCUT2D eigenvalue weighted by Crippen LogP contribution is -2.10. The molecule has 3 heteroatoms. The molecule has 2 rings (SSSR count). The summed E-state index contributed by atoms with van der Waals surface area (Å²) in [6.45, 7) is 6.18. The van der Waals surface area contributed by atoms with Crippen LogP contribution in [-0.2, 0) is 12.5 Å². The predicted molar refractivity (Wildman–Crippen MR) is 61.5 cm³/mol. The van der Waals surface area contributed by atoms with Crippen molar-refractivity contribution < 1.29 is 8.78 Å². The lowest BCUT2D eigenvalue weighted by Gasteiger charge is -2.17. The van der Waals surface area contributed by atoms with E-state index < -0.39 is 11.6 Å². The van der Waals surface area contributed by atoms with Crippen LogP contribution in [0.2, 0.25) is 0 Å². The molecule has 0 aliphatic rings. The molecule has 0 aliphatic heterocycles. The van der Waals surface area contributed by atoms with Crippen molar-refractivity contribution >= 4 is 10.9 Å². The summed E-state index contributed by atoms with van der Waals surface area (Å²) < 4.78 is 28.2. The highest BCUT2D eigenvalue weighted by molar-refractivity contribution is 5.85. The first-order valence-electron chi connectivity index (χ1n) is 5.25. The first-order chi connectivity index (χ1) is 7.30. The number of benzene rings is 1. The van der Waals surface area contributed by atoms with Crippen molar-refractivity contribution in [2.45, 2.75) is 26.2 Å². The lowest BCUT2D eigenvalue weighted by atomic mass is 9.87. The molecule has 0 bridgehead atoms. The van der Waals surface area contributed by atoms with Gasteiger partial charge in [0.25, 0.3) is 0 Å². The Labute approximate surface area is 93.7 Å². The van der Waals surface area contributed by atoms with Gasteiger partial charge in [0.15, 0.2) is 11.6 Å². The molecule has 1 heterocycles. The van der Waals surface area contributed by atoms with E-state index in [9.17, 15) is 8.78 Å². The largest absolute Gasteiger partial charge is 0.350 e. The van der Waals surface area contributed by atoms with Crippen molar-refractivity contribution in [1.82, 2.24) is 4.57 Å². The van der Waals surface area contributed by atoms with E-state index in [0.29, 0.717) is 0 Å². The molecular formula is C13H15F2N. The maximum absolute atomic E-state index is 13.2. The standard InChI is InChI=1S/C13H15F2N/c1-13(2,3)9-7-16(4)12-6-11(15)10(14)5-8(9)12/h5-7H,1-4H3. The second-order valence-corrected chi connectivity index (χ2v) is 5.19. The van der Waals surface area contributed by atoms with Crippen molar-refractivity contribution in [3.8, 4) is 0 Å². The van der Waals surface area contributed by atoms with Gasteiger partial charge in [-0.2, -0.15) is 0 Å². The number of halogens is 2. The zero-order valence-electron chi connectivity index (χ0n) is 9.94. The van der Waals surface area contributed by atoms with Crippen molar-refractivity contribution in [3.05, 3.63) is 35.5 Å². The van der Waals surface area contributed by atoms with Gasteiger partial charge in [-0.3, -0.25) is 0 Å². The molecule has 0 radical (unpaired) electrons. The zero-order chi connectivity index (χ0) is 12.1. The minimum absolute atomic E-state index is 0.0796. The molecule has 0 saturated carbocycles. The molecule has 0 atom stereocenters. The Bertz CT molecular complexity index is 547. The van der Waals surface area contributed by atoms with Gasteiger partial charge in [-0.1, -0.05) is 20.8 Å². The van der Waals surface area contributed by atoms with Gasteiger partial charge in [0, 0.05) is 24.7 Å². The Kier molecular flexibility index (Phi) is 2.30. The summed E-state index contributed by atoms with van der Waals surface area (Å²) in [5, 5.41) is 0.786. The van der Waals surface area contributed by atoms with Crippen molar-refractivity contribution in [3.63, 3.8) is 0 Å². The van der Waals surface area contributed by atoms with E-state index in [1.165, 1.54) is 12.1 Å².